The van der Waals surface area contributed by atoms with Crippen molar-refractivity contribution in [3.63, 3.8) is 0 Å². The van der Waals surface area contributed by atoms with Crippen molar-refractivity contribution >= 4 is 0 Å². The van der Waals surface area contributed by atoms with E-state index in [2.05, 4.69) is 26.5 Å². The summed E-state index contributed by atoms with van der Waals surface area (Å²) in [6.45, 7) is 8.29. The van der Waals surface area contributed by atoms with Crippen molar-refractivity contribution in [3.8, 4) is 0 Å². The summed E-state index contributed by atoms with van der Waals surface area (Å²) < 4.78 is 0. The van der Waals surface area contributed by atoms with Crippen molar-refractivity contribution in [1.29, 1.82) is 0 Å². The molecule has 15 heavy (non-hydrogen) atoms. The molecule has 0 unspecified atom stereocenters. The van der Waals surface area contributed by atoms with Crippen LogP contribution in [0.4, 0.5) is 0 Å². The van der Waals surface area contributed by atoms with Crippen LogP contribution in [0.5, 0.6) is 0 Å². The SMILES string of the molecule is C=C(CCC=C(C)C)C1(O)CCCCC1. The van der Waals surface area contributed by atoms with Gasteiger partial charge in [0.1, 0.15) is 0 Å². The molecule has 0 saturated heterocycles. The second-order valence-corrected chi connectivity index (χ2v) is 5.02. The van der Waals surface area contributed by atoms with Gasteiger partial charge in [-0.1, -0.05) is 37.5 Å². The van der Waals surface area contributed by atoms with E-state index in [-0.39, 0.29) is 0 Å². The average Bonchev–Trinajstić information content (AvgIpc) is 2.18. The Kier molecular flexibility index (Phi) is 4.59. The van der Waals surface area contributed by atoms with Crippen LogP contribution < -0.4 is 0 Å². The molecule has 1 aliphatic carbocycles. The van der Waals surface area contributed by atoms with E-state index in [0.717, 1.165) is 44.1 Å². The molecule has 1 N–H and O–H groups in total. The fraction of sp³-hybridized carbons (Fsp3) is 0.714. The van der Waals surface area contributed by atoms with Crippen LogP contribution >= 0.6 is 0 Å². The maximum absolute atomic E-state index is 10.4. The van der Waals surface area contributed by atoms with E-state index >= 15 is 0 Å². The van der Waals surface area contributed by atoms with Crippen molar-refractivity contribution in [2.75, 3.05) is 0 Å². The fourth-order valence-corrected chi connectivity index (χ4v) is 2.26. The molecule has 1 saturated carbocycles. The standard InChI is InChI=1S/C14H24O/c1-12(2)8-7-9-13(3)14(15)10-5-4-6-11-14/h8,15H,3-7,9-11H2,1-2H3. The Bertz CT molecular complexity index is 240. The number of rotatable bonds is 4. The average molecular weight is 208 g/mol. The van der Waals surface area contributed by atoms with Gasteiger partial charge in [0.2, 0.25) is 0 Å². The molecule has 0 aromatic heterocycles. The summed E-state index contributed by atoms with van der Waals surface area (Å²) in [5.41, 5.74) is 1.84. The van der Waals surface area contributed by atoms with Crippen molar-refractivity contribution < 1.29 is 5.11 Å². The first kappa shape index (κ1) is 12.5. The van der Waals surface area contributed by atoms with E-state index in [4.69, 9.17) is 0 Å². The molecular formula is C14H24O. The van der Waals surface area contributed by atoms with Gasteiger partial charge in [0, 0.05) is 0 Å². The molecule has 0 aromatic carbocycles. The van der Waals surface area contributed by atoms with Gasteiger partial charge in [0.25, 0.3) is 0 Å². The largest absolute Gasteiger partial charge is 0.386 e. The monoisotopic (exact) mass is 208 g/mol. The Morgan fingerprint density at radius 3 is 2.40 bits per heavy atom. The van der Waals surface area contributed by atoms with Crippen LogP contribution in [0.2, 0.25) is 0 Å². The molecular weight excluding hydrogens is 184 g/mol. The summed E-state index contributed by atoms with van der Waals surface area (Å²) in [5.74, 6) is 0. The highest BCUT2D eigenvalue weighted by molar-refractivity contribution is 5.14. The van der Waals surface area contributed by atoms with Crippen molar-refractivity contribution in [1.82, 2.24) is 0 Å². The molecule has 1 aliphatic rings. The molecule has 0 atom stereocenters. The van der Waals surface area contributed by atoms with Gasteiger partial charge in [0.05, 0.1) is 5.60 Å². The summed E-state index contributed by atoms with van der Waals surface area (Å²) in [5, 5.41) is 10.4. The smallest absolute Gasteiger partial charge is 0.0854 e. The van der Waals surface area contributed by atoms with Gasteiger partial charge >= 0.3 is 0 Å². The first-order valence-corrected chi connectivity index (χ1v) is 6.08. The van der Waals surface area contributed by atoms with Crippen LogP contribution in [0, 0.1) is 0 Å². The first-order valence-electron chi connectivity index (χ1n) is 6.08. The van der Waals surface area contributed by atoms with Crippen LogP contribution in [-0.2, 0) is 0 Å². The van der Waals surface area contributed by atoms with E-state index in [1.54, 1.807) is 0 Å². The van der Waals surface area contributed by atoms with Crippen LogP contribution in [0.1, 0.15) is 58.8 Å². The molecule has 0 amide bonds. The third kappa shape index (κ3) is 3.83. The number of aliphatic hydroxyl groups is 1. The number of hydrogen-bond donors (Lipinski definition) is 1. The fourth-order valence-electron chi connectivity index (χ4n) is 2.26. The van der Waals surface area contributed by atoms with E-state index in [0.29, 0.717) is 0 Å². The Hall–Kier alpha value is -0.560. The van der Waals surface area contributed by atoms with E-state index in [9.17, 15) is 5.11 Å². The van der Waals surface area contributed by atoms with Crippen LogP contribution in [0.25, 0.3) is 0 Å². The molecule has 0 aliphatic heterocycles. The highest BCUT2D eigenvalue weighted by Crippen LogP contribution is 2.35. The van der Waals surface area contributed by atoms with Gasteiger partial charge in [-0.05, 0) is 45.1 Å². The molecule has 1 nitrogen and oxygen atoms in total. The third-order valence-electron chi connectivity index (χ3n) is 3.34. The minimum atomic E-state index is -0.548. The number of allylic oxidation sites excluding steroid dienone is 2. The maximum atomic E-state index is 10.4. The summed E-state index contributed by atoms with van der Waals surface area (Å²) in [6.07, 6.45) is 9.57. The highest BCUT2D eigenvalue weighted by atomic mass is 16.3. The zero-order valence-electron chi connectivity index (χ0n) is 10.2. The Morgan fingerprint density at radius 2 is 1.87 bits per heavy atom. The predicted molar refractivity (Wildman–Crippen MR) is 65.8 cm³/mol. The molecule has 0 bridgehead atoms. The lowest BCUT2D eigenvalue weighted by Crippen LogP contribution is -2.33. The van der Waals surface area contributed by atoms with Crippen LogP contribution in [-0.4, -0.2) is 10.7 Å². The Labute approximate surface area is 93.9 Å². The van der Waals surface area contributed by atoms with Gasteiger partial charge in [-0.25, -0.2) is 0 Å². The molecule has 86 valence electrons. The van der Waals surface area contributed by atoms with Gasteiger partial charge in [-0.3, -0.25) is 0 Å². The third-order valence-corrected chi connectivity index (χ3v) is 3.34. The minimum Gasteiger partial charge on any atom is -0.386 e. The molecule has 1 rings (SSSR count). The lowest BCUT2D eigenvalue weighted by molar-refractivity contribution is 0.0370. The lowest BCUT2D eigenvalue weighted by atomic mass is 9.78. The first-order chi connectivity index (χ1) is 7.04. The molecule has 1 heteroatoms. The zero-order chi connectivity index (χ0) is 11.3. The second-order valence-electron chi connectivity index (χ2n) is 5.02. The Balaban J connectivity index is 2.41. The number of hydrogen-bond acceptors (Lipinski definition) is 1. The van der Waals surface area contributed by atoms with Crippen LogP contribution in [0.3, 0.4) is 0 Å². The maximum Gasteiger partial charge on any atom is 0.0854 e. The van der Waals surface area contributed by atoms with Crippen molar-refractivity contribution in [2.45, 2.75) is 64.4 Å². The molecule has 0 spiro atoms. The van der Waals surface area contributed by atoms with Crippen molar-refractivity contribution in [3.05, 3.63) is 23.8 Å². The van der Waals surface area contributed by atoms with Crippen LogP contribution in [0.15, 0.2) is 23.8 Å². The van der Waals surface area contributed by atoms with E-state index in [1.807, 2.05) is 0 Å². The quantitative estimate of drug-likeness (QED) is 0.693. The summed E-state index contributed by atoms with van der Waals surface area (Å²) >= 11 is 0. The van der Waals surface area contributed by atoms with Gasteiger partial charge in [-0.15, -0.1) is 0 Å². The van der Waals surface area contributed by atoms with Gasteiger partial charge in [-0.2, -0.15) is 0 Å². The molecule has 0 heterocycles. The van der Waals surface area contributed by atoms with E-state index < -0.39 is 5.60 Å². The Morgan fingerprint density at radius 1 is 1.27 bits per heavy atom. The van der Waals surface area contributed by atoms with Crippen molar-refractivity contribution in [2.24, 2.45) is 0 Å². The van der Waals surface area contributed by atoms with Gasteiger partial charge in [0.15, 0.2) is 0 Å². The molecule has 0 aromatic rings. The minimum absolute atomic E-state index is 0.548. The van der Waals surface area contributed by atoms with Gasteiger partial charge < -0.3 is 5.11 Å². The summed E-state index contributed by atoms with van der Waals surface area (Å²) in [6, 6.07) is 0. The summed E-state index contributed by atoms with van der Waals surface area (Å²) in [4.78, 5) is 0. The molecule has 0 radical (unpaired) electrons. The zero-order valence-corrected chi connectivity index (χ0v) is 10.2. The second kappa shape index (κ2) is 5.50. The summed E-state index contributed by atoms with van der Waals surface area (Å²) in [7, 11) is 0. The lowest BCUT2D eigenvalue weighted by Gasteiger charge is -2.34. The molecule has 1 fully saturated rings. The topological polar surface area (TPSA) is 20.2 Å². The van der Waals surface area contributed by atoms with E-state index in [1.165, 1.54) is 12.0 Å². The normalized spacial score (nSPS) is 19.7. The highest BCUT2D eigenvalue weighted by Gasteiger charge is 2.31. The predicted octanol–water partition coefficient (Wildman–Crippen LogP) is 3.98.